The van der Waals surface area contributed by atoms with Gasteiger partial charge in [0, 0.05) is 112 Å². The summed E-state index contributed by atoms with van der Waals surface area (Å²) in [5.74, 6) is 1.65. The van der Waals surface area contributed by atoms with Gasteiger partial charge in [-0.1, -0.05) is 18.2 Å². The molecule has 15 heterocycles. The van der Waals surface area contributed by atoms with Gasteiger partial charge in [0.25, 0.3) is 47.8 Å². The fraction of sp³-hybridized carbons (Fsp3) is 0.533. The monoisotopic (exact) mass is 1990 g/mol. The summed E-state index contributed by atoms with van der Waals surface area (Å²) in [7, 11) is -12.9. The Kier molecular flexibility index (Phi) is 27.4. The number of hydrogen-bond donors (Lipinski definition) is 9. The minimum absolute atomic E-state index is 0.0569. The Bertz CT molecular complexity index is 5770. The number of halogens is 9. The van der Waals surface area contributed by atoms with Crippen LogP contribution in [0.25, 0.3) is 17.5 Å². The molecule has 9 aromatic rings. The van der Waals surface area contributed by atoms with E-state index in [-0.39, 0.29) is 144 Å². The number of fused-ring (bicyclic) bond motifs is 18. The lowest BCUT2D eigenvalue weighted by Gasteiger charge is -2.34. The van der Waals surface area contributed by atoms with Crippen LogP contribution in [0.15, 0.2) is 143 Å². The van der Waals surface area contributed by atoms with Crippen molar-refractivity contribution in [2.45, 2.75) is 226 Å². The Morgan fingerprint density at radius 1 is 0.384 bits per heavy atom. The van der Waals surface area contributed by atoms with E-state index in [0.717, 1.165) is 57.8 Å². The smallest absolute Gasteiger partial charge is 0.396 e. The molecule has 0 aromatic carbocycles. The fourth-order valence-corrected chi connectivity index (χ4v) is 22.0. The predicted molar refractivity (Wildman–Crippen MR) is 484 cm³/mol. The van der Waals surface area contributed by atoms with Gasteiger partial charge in [0.1, 0.15) is 34.9 Å². The van der Waals surface area contributed by atoms with Gasteiger partial charge in [0.05, 0.1) is 71.1 Å². The van der Waals surface area contributed by atoms with E-state index in [1.807, 2.05) is 14.7 Å². The number of carbonyl (C=O) groups excluding carboxylic acids is 3. The molecule has 3 aliphatic carbocycles. The van der Waals surface area contributed by atoms with Crippen molar-refractivity contribution >= 4 is 82.7 Å². The van der Waals surface area contributed by atoms with Gasteiger partial charge in [-0.3, -0.25) is 14.4 Å². The molecule has 48 heteroatoms. The molecular formula is C90H108F9N21O15S3. The number of rotatable bonds is 18. The summed E-state index contributed by atoms with van der Waals surface area (Å²) in [5.41, 5.74) is -7.22. The van der Waals surface area contributed by atoms with Crippen molar-refractivity contribution in [2.75, 3.05) is 89.7 Å². The molecule has 9 aliphatic rings. The number of hydrogen-bond acceptors (Lipinski definition) is 30. The molecule has 0 radical (unpaired) electrons. The first-order valence-corrected chi connectivity index (χ1v) is 50.0. The highest BCUT2D eigenvalue weighted by Crippen LogP contribution is 2.63. The Morgan fingerprint density at radius 3 is 0.891 bits per heavy atom. The lowest BCUT2D eigenvalue weighted by molar-refractivity contribution is -0.216. The van der Waals surface area contributed by atoms with Crippen molar-refractivity contribution in [3.8, 4) is 35.1 Å². The Labute approximate surface area is 789 Å². The van der Waals surface area contributed by atoms with Gasteiger partial charge < -0.3 is 60.2 Å². The van der Waals surface area contributed by atoms with Crippen molar-refractivity contribution in [1.82, 2.24) is 73.4 Å². The van der Waals surface area contributed by atoms with E-state index < -0.39 is 117 Å². The number of carbonyl (C=O) groups is 3. The summed E-state index contributed by atoms with van der Waals surface area (Å²) < 4.78 is 226. The van der Waals surface area contributed by atoms with E-state index in [1.165, 1.54) is 86.8 Å². The lowest BCUT2D eigenvalue weighted by atomic mass is 9.93. The topological polar surface area (TPSA) is 455 Å². The second-order valence-corrected chi connectivity index (χ2v) is 43.3. The molecule has 3 saturated carbocycles. The first-order chi connectivity index (χ1) is 65.0. The SMILES string of the molecule is CC1(C)C[C@@H]2CCCNc3cccc(n3)S(=O)(=O)NC(=O)c3ccc(-n4ccc(OCCC(O)C5(C(F)(F)F)CC5)n4)nc3N1C2.CC1(C)C[C@@H]2CCCNc3cccc(n3)S(=O)(=O)NC(=O)c3ccc(-n4ccc(OCCC(O)C5(C(F)(F)F)CC5)n4)nc3N1C2.CC1(C)C[C@@H]2CCCNc3cccc(n3)S(=O)(=O)NC(=O)c3ccc(-n4ccc(OCCC(O)C5(C(F)(F)F)CC5)n4)nc3N1C2. The van der Waals surface area contributed by atoms with Gasteiger partial charge in [0.2, 0.25) is 17.6 Å². The average molecular weight is 1990 g/mol. The maximum Gasteiger partial charge on any atom is 0.396 e. The van der Waals surface area contributed by atoms with Crippen molar-refractivity contribution in [1.29, 1.82) is 0 Å². The van der Waals surface area contributed by atoms with E-state index in [1.54, 1.807) is 55.0 Å². The number of aliphatic hydroxyl groups excluding tert-OH is 3. The van der Waals surface area contributed by atoms with E-state index in [4.69, 9.17) is 29.2 Å². The number of sulfonamides is 3. The zero-order chi connectivity index (χ0) is 98.7. The highest BCUT2D eigenvalue weighted by atomic mass is 32.2. The molecule has 36 nitrogen and oxygen atoms in total. The van der Waals surface area contributed by atoms with Crippen LogP contribution in [0.4, 0.5) is 74.4 Å². The molecule has 3 unspecified atom stereocenters. The third-order valence-corrected chi connectivity index (χ3v) is 30.9. The van der Waals surface area contributed by atoms with Crippen LogP contribution < -0.4 is 59.0 Å². The molecule has 12 bridgehead atoms. The zero-order valence-electron chi connectivity index (χ0n) is 76.3. The number of anilines is 6. The van der Waals surface area contributed by atoms with Crippen LogP contribution in [0, 0.1) is 34.0 Å². The van der Waals surface area contributed by atoms with Gasteiger partial charge >= 0.3 is 18.5 Å². The highest BCUT2D eigenvalue weighted by Gasteiger charge is 2.69. The quantitative estimate of drug-likeness (QED) is 0.0360. The maximum absolute atomic E-state index is 13.6. The van der Waals surface area contributed by atoms with Crippen LogP contribution in [0.1, 0.15) is 188 Å². The molecule has 3 saturated heterocycles. The first-order valence-electron chi connectivity index (χ1n) is 45.6. The van der Waals surface area contributed by atoms with Gasteiger partial charge in [-0.15, -0.1) is 15.3 Å². The first kappa shape index (κ1) is 99.3. The van der Waals surface area contributed by atoms with Crippen LogP contribution in [-0.4, -0.2) is 230 Å². The van der Waals surface area contributed by atoms with Crippen molar-refractivity contribution in [3.63, 3.8) is 0 Å². The van der Waals surface area contributed by atoms with Crippen molar-refractivity contribution < 1.29 is 109 Å². The Hall–Kier alpha value is -11.8. The predicted octanol–water partition coefficient (Wildman–Crippen LogP) is 12.2. The summed E-state index contributed by atoms with van der Waals surface area (Å²) in [4.78, 5) is 73.7. The van der Waals surface area contributed by atoms with Gasteiger partial charge in [-0.25, -0.2) is 58.1 Å². The summed E-state index contributed by atoms with van der Waals surface area (Å²) >= 11 is 0. The molecule has 744 valence electrons. The summed E-state index contributed by atoms with van der Waals surface area (Å²) in [6, 6.07) is 27.2. The largest absolute Gasteiger partial charge is 0.476 e. The molecule has 6 fully saturated rings. The number of ether oxygens (including phenoxy) is 3. The molecule has 9 N–H and O–H groups in total. The average Bonchev–Trinajstić information content (AvgIpc) is 1.59. The van der Waals surface area contributed by atoms with E-state index in [0.29, 0.717) is 91.9 Å². The van der Waals surface area contributed by atoms with Crippen molar-refractivity contribution in [2.24, 2.45) is 34.0 Å². The minimum atomic E-state index is -4.47. The van der Waals surface area contributed by atoms with E-state index in [9.17, 15) is 94.5 Å². The molecule has 6 aliphatic heterocycles. The zero-order valence-corrected chi connectivity index (χ0v) is 78.7. The van der Waals surface area contributed by atoms with Crippen LogP contribution >= 0.6 is 0 Å². The number of alkyl halides is 9. The number of aromatic nitrogens is 12. The second-order valence-electron chi connectivity index (χ2n) is 38.4. The Morgan fingerprint density at radius 2 is 0.645 bits per heavy atom. The Balaban J connectivity index is 0.000000150. The number of amides is 3. The van der Waals surface area contributed by atoms with E-state index >= 15 is 0 Å². The third-order valence-electron chi connectivity index (χ3n) is 27.2. The van der Waals surface area contributed by atoms with Gasteiger partial charge in [0.15, 0.2) is 32.5 Å². The summed E-state index contributed by atoms with van der Waals surface area (Å²) in [6.07, 6.45) is -7.02. The van der Waals surface area contributed by atoms with Crippen LogP contribution in [0.2, 0.25) is 0 Å². The second kappa shape index (κ2) is 38.1. The number of aliphatic hydroxyl groups is 3. The van der Waals surface area contributed by atoms with Crippen LogP contribution in [0.3, 0.4) is 0 Å². The molecule has 0 spiro atoms. The van der Waals surface area contributed by atoms with Crippen LogP contribution in [-0.2, 0) is 30.1 Å². The normalized spacial score (nSPS) is 22.4. The molecule has 18 rings (SSSR count). The minimum Gasteiger partial charge on any atom is -0.476 e. The third kappa shape index (κ3) is 21.4. The summed E-state index contributed by atoms with van der Waals surface area (Å²) in [6.45, 7) is 15.4. The lowest BCUT2D eigenvalue weighted by Crippen LogP contribution is -2.41. The summed E-state index contributed by atoms with van der Waals surface area (Å²) in [5, 5.41) is 52.2. The van der Waals surface area contributed by atoms with Crippen LogP contribution in [0.5, 0.6) is 17.6 Å². The standard InChI is InChI=1S/3C30H36F3N7O5S/c3*1-28(2)17-19-5-4-14-34-22-6-3-7-25(35-22)46(43,44)38-27(42)20-8-9-23(36-26(20)39(28)18-19)40-15-10-24(37-40)45-16-11-21(41)29(12-13-29)30(31,32)33/h3*3,6-10,15,19,21,41H,4-5,11-14,16-18H2,1-2H3,(H,34,35)(H,38,42)/t3*19-,21?/m000/s1. The fourth-order valence-electron chi connectivity index (χ4n) is 19.2. The number of nitrogens with one attached hydrogen (secondary N) is 6. The van der Waals surface area contributed by atoms with Crippen molar-refractivity contribution in [3.05, 3.63) is 144 Å². The molecule has 138 heavy (non-hydrogen) atoms. The molecular weight excluding hydrogens is 1880 g/mol. The number of pyridine rings is 6. The van der Waals surface area contributed by atoms with E-state index in [2.05, 4.69) is 102 Å². The molecule has 9 aromatic heterocycles. The maximum atomic E-state index is 13.6. The molecule has 6 atom stereocenters. The van der Waals surface area contributed by atoms with Gasteiger partial charge in [-0.05, 0) is 228 Å². The highest BCUT2D eigenvalue weighted by molar-refractivity contribution is 7.90. The van der Waals surface area contributed by atoms with Gasteiger partial charge in [-0.2, -0.15) is 64.8 Å². The number of nitrogens with zero attached hydrogens (tertiary/aromatic N) is 15. The molecule has 3 amide bonds.